The van der Waals surface area contributed by atoms with Crippen molar-refractivity contribution in [3.63, 3.8) is 0 Å². The van der Waals surface area contributed by atoms with Gasteiger partial charge in [0.15, 0.2) is 0 Å². The van der Waals surface area contributed by atoms with Crippen LogP contribution >= 0.6 is 0 Å². The Morgan fingerprint density at radius 3 is 2.86 bits per heavy atom. The zero-order chi connectivity index (χ0) is 15.0. The second-order valence-corrected chi connectivity index (χ2v) is 6.38. The molecule has 1 atom stereocenters. The number of carbonyl (C=O) groups is 1. The monoisotopic (exact) mass is 288 g/mol. The predicted octanol–water partition coefficient (Wildman–Crippen LogP) is 2.78. The van der Waals surface area contributed by atoms with Crippen LogP contribution in [0.5, 0.6) is 0 Å². The van der Waals surface area contributed by atoms with Gasteiger partial charge in [-0.05, 0) is 45.4 Å². The molecule has 1 aromatic heterocycles. The van der Waals surface area contributed by atoms with Crippen molar-refractivity contribution in [3.8, 4) is 0 Å². The Labute approximate surface area is 123 Å². The summed E-state index contributed by atoms with van der Waals surface area (Å²) in [5.74, 6) is -0.308. The number of aromatic nitrogens is 2. The van der Waals surface area contributed by atoms with E-state index in [1.54, 1.807) is 12.4 Å². The van der Waals surface area contributed by atoms with Crippen molar-refractivity contribution in [2.45, 2.75) is 45.4 Å². The molecule has 0 bridgehead atoms. The zero-order valence-corrected chi connectivity index (χ0v) is 12.6. The van der Waals surface area contributed by atoms with E-state index < -0.39 is 5.60 Å². The van der Waals surface area contributed by atoms with Gasteiger partial charge in [0, 0.05) is 6.61 Å². The highest BCUT2D eigenvalue weighted by molar-refractivity contribution is 5.93. The molecule has 1 fully saturated rings. The Hall–Kier alpha value is -1.88. The third-order valence-electron chi connectivity index (χ3n) is 3.45. The number of imidazole rings is 1. The van der Waals surface area contributed by atoms with Crippen molar-refractivity contribution in [2.75, 3.05) is 6.61 Å². The van der Waals surface area contributed by atoms with Crippen LogP contribution in [-0.2, 0) is 16.0 Å². The number of carbonyl (C=O) groups excluding carboxylic acids is 1. The van der Waals surface area contributed by atoms with Crippen molar-refractivity contribution in [2.24, 2.45) is 0 Å². The van der Waals surface area contributed by atoms with Crippen LogP contribution in [0.2, 0.25) is 0 Å². The molecule has 0 unspecified atom stereocenters. The van der Waals surface area contributed by atoms with Gasteiger partial charge in [-0.25, -0.2) is 9.78 Å². The van der Waals surface area contributed by atoms with E-state index in [1.165, 1.54) is 0 Å². The minimum absolute atomic E-state index is 0.257. The summed E-state index contributed by atoms with van der Waals surface area (Å²) in [4.78, 5) is 16.5. The maximum absolute atomic E-state index is 12.2. The first-order valence-electron chi connectivity index (χ1n) is 7.22. The molecule has 2 heterocycles. The third kappa shape index (κ3) is 3.08. The number of fused-ring (bicyclic) bond motifs is 1. The summed E-state index contributed by atoms with van der Waals surface area (Å²) in [5.41, 5.74) is 1.87. The summed E-state index contributed by atoms with van der Waals surface area (Å²) < 4.78 is 12.9. The molecule has 112 valence electrons. The van der Waals surface area contributed by atoms with Crippen molar-refractivity contribution >= 4 is 17.0 Å². The second kappa shape index (κ2) is 5.15. The smallest absolute Gasteiger partial charge is 0.338 e. The largest absolute Gasteiger partial charge is 0.456 e. The van der Waals surface area contributed by atoms with Crippen molar-refractivity contribution in [1.82, 2.24) is 9.55 Å². The van der Waals surface area contributed by atoms with Gasteiger partial charge >= 0.3 is 5.97 Å². The lowest BCUT2D eigenvalue weighted by Crippen LogP contribution is -2.31. The number of nitrogens with zero attached hydrogens (tertiary/aromatic N) is 2. The molecule has 1 aliphatic rings. The summed E-state index contributed by atoms with van der Waals surface area (Å²) in [5, 5.41) is 0. The van der Waals surface area contributed by atoms with E-state index in [-0.39, 0.29) is 12.1 Å². The first-order chi connectivity index (χ1) is 9.92. The van der Waals surface area contributed by atoms with Crippen LogP contribution in [0.4, 0.5) is 0 Å². The van der Waals surface area contributed by atoms with E-state index in [2.05, 4.69) is 4.98 Å². The fourth-order valence-electron chi connectivity index (χ4n) is 2.31. The lowest BCUT2D eigenvalue weighted by molar-refractivity contribution is -0.0586. The summed E-state index contributed by atoms with van der Waals surface area (Å²) in [7, 11) is 0. The molecule has 0 amide bonds. The number of hydrogen-bond donors (Lipinski definition) is 0. The summed E-state index contributed by atoms with van der Waals surface area (Å²) in [6.45, 7) is 7.19. The van der Waals surface area contributed by atoms with Gasteiger partial charge in [0.2, 0.25) is 0 Å². The molecule has 0 spiro atoms. The first-order valence-corrected chi connectivity index (χ1v) is 7.22. The molecule has 1 aliphatic heterocycles. The molecule has 0 radical (unpaired) electrons. The standard InChI is InChI=1S/C16H20N2O3/c1-16(2,3)21-15(19)11-4-5-13-14(8-11)18(10-17-13)9-12-6-7-20-12/h4-5,8,10,12H,6-7,9H2,1-3H3/t12-/m0/s1. The zero-order valence-electron chi connectivity index (χ0n) is 12.6. The Bertz CT molecular complexity index is 666. The van der Waals surface area contributed by atoms with Gasteiger partial charge in [-0.2, -0.15) is 0 Å². The Morgan fingerprint density at radius 2 is 2.24 bits per heavy atom. The molecule has 3 rings (SSSR count). The molecular formula is C16H20N2O3. The molecule has 2 aromatic rings. The molecule has 5 nitrogen and oxygen atoms in total. The maximum Gasteiger partial charge on any atom is 0.338 e. The minimum Gasteiger partial charge on any atom is -0.456 e. The highest BCUT2D eigenvalue weighted by Crippen LogP contribution is 2.21. The normalized spacial score (nSPS) is 18.5. The first kappa shape index (κ1) is 14.1. The van der Waals surface area contributed by atoms with Gasteiger partial charge in [0.25, 0.3) is 0 Å². The molecule has 0 N–H and O–H groups in total. The van der Waals surface area contributed by atoms with Gasteiger partial charge in [-0.15, -0.1) is 0 Å². The van der Waals surface area contributed by atoms with E-state index in [1.807, 2.05) is 37.5 Å². The highest BCUT2D eigenvalue weighted by atomic mass is 16.6. The summed E-state index contributed by atoms with van der Waals surface area (Å²) >= 11 is 0. The Balaban J connectivity index is 1.87. The van der Waals surface area contributed by atoms with Crippen LogP contribution in [0.25, 0.3) is 11.0 Å². The fraction of sp³-hybridized carbons (Fsp3) is 0.500. The van der Waals surface area contributed by atoms with Gasteiger partial charge in [-0.3, -0.25) is 0 Å². The molecular weight excluding hydrogens is 268 g/mol. The fourth-order valence-corrected chi connectivity index (χ4v) is 2.31. The second-order valence-electron chi connectivity index (χ2n) is 6.38. The van der Waals surface area contributed by atoms with Crippen LogP contribution in [-0.4, -0.2) is 33.8 Å². The number of ether oxygens (including phenoxy) is 2. The van der Waals surface area contributed by atoms with E-state index in [0.29, 0.717) is 5.56 Å². The van der Waals surface area contributed by atoms with E-state index in [0.717, 1.165) is 30.6 Å². The lowest BCUT2D eigenvalue weighted by Gasteiger charge is -2.26. The van der Waals surface area contributed by atoms with E-state index in [9.17, 15) is 4.79 Å². The van der Waals surface area contributed by atoms with Crippen LogP contribution in [0, 0.1) is 0 Å². The Kier molecular flexibility index (Phi) is 3.45. The van der Waals surface area contributed by atoms with E-state index >= 15 is 0 Å². The van der Waals surface area contributed by atoms with Crippen molar-refractivity contribution in [3.05, 3.63) is 30.1 Å². The van der Waals surface area contributed by atoms with Crippen LogP contribution < -0.4 is 0 Å². The average molecular weight is 288 g/mol. The number of rotatable bonds is 3. The summed E-state index contributed by atoms with van der Waals surface area (Å²) in [6.07, 6.45) is 3.13. The number of esters is 1. The van der Waals surface area contributed by atoms with Crippen LogP contribution in [0.15, 0.2) is 24.5 Å². The van der Waals surface area contributed by atoms with Crippen LogP contribution in [0.3, 0.4) is 0 Å². The topological polar surface area (TPSA) is 53.3 Å². The summed E-state index contributed by atoms with van der Waals surface area (Å²) in [6, 6.07) is 5.45. The van der Waals surface area contributed by atoms with Gasteiger partial charge in [-0.1, -0.05) is 0 Å². The predicted molar refractivity (Wildman–Crippen MR) is 79.3 cm³/mol. The molecule has 21 heavy (non-hydrogen) atoms. The van der Waals surface area contributed by atoms with E-state index in [4.69, 9.17) is 9.47 Å². The third-order valence-corrected chi connectivity index (χ3v) is 3.45. The molecule has 0 saturated carbocycles. The lowest BCUT2D eigenvalue weighted by atomic mass is 10.1. The Morgan fingerprint density at radius 1 is 1.48 bits per heavy atom. The number of hydrogen-bond acceptors (Lipinski definition) is 4. The van der Waals surface area contributed by atoms with Gasteiger partial charge in [0.05, 0.1) is 35.6 Å². The minimum atomic E-state index is -0.494. The molecule has 1 aromatic carbocycles. The molecule has 1 saturated heterocycles. The van der Waals surface area contributed by atoms with Crippen molar-refractivity contribution in [1.29, 1.82) is 0 Å². The van der Waals surface area contributed by atoms with Crippen LogP contribution in [0.1, 0.15) is 37.6 Å². The SMILES string of the molecule is CC(C)(C)OC(=O)c1ccc2ncn(C[C@@H]3CCO3)c2c1. The van der Waals surface area contributed by atoms with Crippen molar-refractivity contribution < 1.29 is 14.3 Å². The molecule has 0 aliphatic carbocycles. The quantitative estimate of drug-likeness (QED) is 0.815. The number of benzene rings is 1. The maximum atomic E-state index is 12.2. The van der Waals surface area contributed by atoms with Gasteiger partial charge < -0.3 is 14.0 Å². The highest BCUT2D eigenvalue weighted by Gasteiger charge is 2.21. The average Bonchev–Trinajstić information content (AvgIpc) is 2.74. The van der Waals surface area contributed by atoms with Gasteiger partial charge in [0.1, 0.15) is 5.60 Å². The molecule has 5 heteroatoms.